The fourth-order valence-corrected chi connectivity index (χ4v) is 0.937. The monoisotopic (exact) mass is 211 g/mol. The van der Waals surface area contributed by atoms with Crippen molar-refractivity contribution in [3.8, 4) is 0 Å². The van der Waals surface area contributed by atoms with E-state index in [1.54, 1.807) is 20.8 Å². The van der Waals surface area contributed by atoms with Gasteiger partial charge in [0, 0.05) is 0 Å². The zero-order valence-electron chi connectivity index (χ0n) is 7.21. The summed E-state index contributed by atoms with van der Waals surface area (Å²) in [6.07, 6.45) is 0. The first kappa shape index (κ1) is 11.6. The summed E-state index contributed by atoms with van der Waals surface area (Å²) >= 11 is 4.43. The number of thiocarbonyl (C=S) groups is 1. The Bertz CT molecular complexity index is 265. The first-order valence-corrected chi connectivity index (χ1v) is 5.13. The van der Waals surface area contributed by atoms with Crippen molar-refractivity contribution in [3.05, 3.63) is 0 Å². The van der Waals surface area contributed by atoms with Gasteiger partial charge in [0.05, 0.1) is 4.75 Å². The van der Waals surface area contributed by atoms with E-state index < -0.39 is 14.8 Å². The van der Waals surface area contributed by atoms with Crippen LogP contribution in [-0.4, -0.2) is 18.3 Å². The van der Waals surface area contributed by atoms with Gasteiger partial charge in [0.15, 0.2) is 5.11 Å². The number of hydrogen-bond acceptors (Lipinski definition) is 3. The predicted octanol–water partition coefficient (Wildman–Crippen LogP) is -0.547. The van der Waals surface area contributed by atoms with E-state index in [0.717, 1.165) is 0 Å². The summed E-state index contributed by atoms with van der Waals surface area (Å²) in [5, 5.41) is -0.108. The van der Waals surface area contributed by atoms with Crippen LogP contribution in [0.2, 0.25) is 0 Å². The van der Waals surface area contributed by atoms with Crippen molar-refractivity contribution >= 4 is 27.4 Å². The molecule has 0 fully saturated rings. The lowest BCUT2D eigenvalue weighted by Gasteiger charge is -2.19. The van der Waals surface area contributed by atoms with Gasteiger partial charge >= 0.3 is 0 Å². The highest BCUT2D eigenvalue weighted by atomic mass is 32.2. The Hall–Kier alpha value is -0.400. The fourth-order valence-electron chi connectivity index (χ4n) is 0.271. The molecule has 0 atom stereocenters. The van der Waals surface area contributed by atoms with Gasteiger partial charge in [-0.2, -0.15) is 0 Å². The van der Waals surface area contributed by atoms with Gasteiger partial charge in [-0.25, -0.2) is 8.42 Å². The zero-order chi connectivity index (χ0) is 9.99. The van der Waals surface area contributed by atoms with Crippen LogP contribution in [0.1, 0.15) is 20.8 Å². The molecule has 0 unspecified atom stereocenters. The normalized spacial score (nSPS) is 12.6. The van der Waals surface area contributed by atoms with Crippen molar-refractivity contribution in [2.45, 2.75) is 25.5 Å². The van der Waals surface area contributed by atoms with E-state index in [0.29, 0.717) is 0 Å². The number of hydrogen-bond donors (Lipinski definition) is 3. The van der Waals surface area contributed by atoms with E-state index in [4.69, 9.17) is 5.73 Å². The molecule has 12 heavy (non-hydrogen) atoms. The van der Waals surface area contributed by atoms with Crippen molar-refractivity contribution in [1.29, 1.82) is 0 Å². The number of rotatable bonds is 2. The third-order valence-corrected chi connectivity index (χ3v) is 3.20. The van der Waals surface area contributed by atoms with E-state index in [2.05, 4.69) is 22.5 Å². The lowest BCUT2D eigenvalue weighted by molar-refractivity contribution is 0.541. The number of nitrogens with two attached hydrogens (primary N) is 1. The maximum absolute atomic E-state index is 11.3. The lowest BCUT2D eigenvalue weighted by atomic mass is 10.3. The number of hydrazine groups is 1. The molecule has 0 rings (SSSR count). The smallest absolute Gasteiger partial charge is 0.233 e. The van der Waals surface area contributed by atoms with Gasteiger partial charge < -0.3 is 5.73 Å². The SMILES string of the molecule is CC(C)(C)S(=O)(=O)NNC(N)=S. The summed E-state index contributed by atoms with van der Waals surface area (Å²) in [5.74, 6) is 0. The van der Waals surface area contributed by atoms with Gasteiger partial charge in [0.2, 0.25) is 10.0 Å². The number of sulfonamides is 1. The average Bonchev–Trinajstić information content (AvgIpc) is 1.81. The molecule has 0 spiro atoms. The predicted molar refractivity (Wildman–Crippen MR) is 51.7 cm³/mol. The average molecular weight is 211 g/mol. The Balaban J connectivity index is 4.37. The Morgan fingerprint density at radius 1 is 1.42 bits per heavy atom. The largest absolute Gasteiger partial charge is 0.375 e. The van der Waals surface area contributed by atoms with Crippen LogP contribution in [-0.2, 0) is 10.0 Å². The molecular weight excluding hydrogens is 198 g/mol. The third kappa shape index (κ3) is 3.33. The molecule has 0 aliphatic carbocycles. The van der Waals surface area contributed by atoms with Crippen LogP contribution in [0.25, 0.3) is 0 Å². The second kappa shape index (κ2) is 3.55. The molecule has 0 radical (unpaired) electrons. The van der Waals surface area contributed by atoms with Crippen LogP contribution in [0.4, 0.5) is 0 Å². The molecule has 0 bridgehead atoms. The van der Waals surface area contributed by atoms with Gasteiger partial charge in [-0.3, -0.25) is 5.43 Å². The van der Waals surface area contributed by atoms with Crippen molar-refractivity contribution in [1.82, 2.24) is 10.3 Å². The van der Waals surface area contributed by atoms with Crippen molar-refractivity contribution in [2.75, 3.05) is 0 Å². The highest BCUT2D eigenvalue weighted by Crippen LogP contribution is 2.11. The van der Waals surface area contributed by atoms with E-state index in [-0.39, 0.29) is 5.11 Å². The maximum atomic E-state index is 11.3. The van der Waals surface area contributed by atoms with Crippen LogP contribution in [0.3, 0.4) is 0 Å². The van der Waals surface area contributed by atoms with E-state index in [9.17, 15) is 8.42 Å². The van der Waals surface area contributed by atoms with E-state index in [1.165, 1.54) is 0 Å². The second-order valence-corrected chi connectivity index (χ2v) is 6.08. The van der Waals surface area contributed by atoms with Gasteiger partial charge in [0.1, 0.15) is 0 Å². The summed E-state index contributed by atoms with van der Waals surface area (Å²) in [4.78, 5) is 2.05. The second-order valence-electron chi connectivity index (χ2n) is 3.21. The Morgan fingerprint density at radius 3 is 2.08 bits per heavy atom. The number of nitrogens with one attached hydrogen (secondary N) is 2. The molecule has 0 saturated heterocycles. The Kier molecular flexibility index (Phi) is 3.43. The standard InChI is InChI=1S/C5H13N3O2S2/c1-5(2,3)12(9,10)8-7-4(6)11/h8H,1-3H3,(H3,6,7,11). The first-order chi connectivity index (χ1) is 5.17. The summed E-state index contributed by atoms with van der Waals surface area (Å²) in [7, 11) is -3.42. The third-order valence-electron chi connectivity index (χ3n) is 1.11. The molecule has 0 aromatic heterocycles. The fraction of sp³-hybridized carbons (Fsp3) is 0.800. The summed E-state index contributed by atoms with van der Waals surface area (Å²) in [5.41, 5.74) is 7.20. The Labute approximate surface area is 77.7 Å². The van der Waals surface area contributed by atoms with Gasteiger partial charge in [-0.15, -0.1) is 4.83 Å². The maximum Gasteiger partial charge on any atom is 0.233 e. The molecule has 0 heterocycles. The molecule has 72 valence electrons. The van der Waals surface area contributed by atoms with Crippen molar-refractivity contribution in [3.63, 3.8) is 0 Å². The van der Waals surface area contributed by atoms with Crippen LogP contribution < -0.4 is 16.0 Å². The topological polar surface area (TPSA) is 84.2 Å². The highest BCUT2D eigenvalue weighted by Gasteiger charge is 2.28. The molecule has 0 amide bonds. The molecule has 0 aliphatic heterocycles. The van der Waals surface area contributed by atoms with Crippen molar-refractivity contribution < 1.29 is 8.42 Å². The van der Waals surface area contributed by atoms with Gasteiger partial charge in [-0.1, -0.05) is 0 Å². The zero-order valence-corrected chi connectivity index (χ0v) is 8.84. The van der Waals surface area contributed by atoms with Crippen LogP contribution in [0.5, 0.6) is 0 Å². The first-order valence-electron chi connectivity index (χ1n) is 3.23. The minimum absolute atomic E-state index is 0.108. The van der Waals surface area contributed by atoms with Crippen molar-refractivity contribution in [2.24, 2.45) is 5.73 Å². The summed E-state index contributed by atoms with van der Waals surface area (Å²) in [6, 6.07) is 0. The summed E-state index contributed by atoms with van der Waals surface area (Å²) in [6.45, 7) is 4.70. The van der Waals surface area contributed by atoms with Crippen LogP contribution in [0.15, 0.2) is 0 Å². The molecule has 7 heteroatoms. The van der Waals surface area contributed by atoms with Gasteiger partial charge in [-0.05, 0) is 33.0 Å². The van der Waals surface area contributed by atoms with E-state index >= 15 is 0 Å². The minimum Gasteiger partial charge on any atom is -0.375 e. The molecule has 0 aromatic carbocycles. The highest BCUT2D eigenvalue weighted by molar-refractivity contribution is 7.90. The molecule has 5 nitrogen and oxygen atoms in total. The molecule has 0 saturated carbocycles. The molecule has 4 N–H and O–H groups in total. The molecular formula is C5H13N3O2S2. The quantitative estimate of drug-likeness (QED) is 0.422. The minimum atomic E-state index is -3.42. The Morgan fingerprint density at radius 2 is 1.83 bits per heavy atom. The molecule has 0 aliphatic rings. The molecule has 0 aromatic rings. The lowest BCUT2D eigenvalue weighted by Crippen LogP contribution is -2.50. The van der Waals surface area contributed by atoms with Crippen LogP contribution in [0, 0.1) is 0 Å². The van der Waals surface area contributed by atoms with E-state index in [1.807, 2.05) is 0 Å². The van der Waals surface area contributed by atoms with Gasteiger partial charge in [0.25, 0.3) is 0 Å². The summed E-state index contributed by atoms with van der Waals surface area (Å²) < 4.78 is 21.7. The van der Waals surface area contributed by atoms with Crippen LogP contribution >= 0.6 is 12.2 Å².